The monoisotopic (exact) mass is 537 g/mol. The number of nitrogens with one attached hydrogen (secondary N) is 1. The van der Waals surface area contributed by atoms with E-state index >= 15 is 0 Å². The predicted octanol–water partition coefficient (Wildman–Crippen LogP) is 4.93. The van der Waals surface area contributed by atoms with E-state index in [1.807, 2.05) is 24.3 Å². The number of morpholine rings is 1. The Bertz CT molecular complexity index is 1490. The molecule has 2 fully saturated rings. The van der Waals surface area contributed by atoms with E-state index in [1.54, 1.807) is 0 Å². The first-order valence-electron chi connectivity index (χ1n) is 13.3. The highest BCUT2D eigenvalue weighted by atomic mass is 35.5. The Morgan fingerprint density at radius 3 is 2.50 bits per heavy atom. The molecule has 6 rings (SSSR count). The summed E-state index contributed by atoms with van der Waals surface area (Å²) >= 11 is 6.42. The van der Waals surface area contributed by atoms with Crippen LogP contribution < -0.4 is 10.7 Å². The minimum absolute atomic E-state index is 0.148. The first-order chi connectivity index (χ1) is 18.4. The molecule has 1 aliphatic carbocycles. The Morgan fingerprint density at radius 2 is 1.82 bits per heavy atom. The molecule has 1 saturated carbocycles. The zero-order valence-electron chi connectivity index (χ0n) is 21.9. The quantitative estimate of drug-likeness (QED) is 0.381. The molecule has 0 unspecified atom stereocenters. The van der Waals surface area contributed by atoms with Crippen molar-refractivity contribution in [3.05, 3.63) is 39.8 Å². The van der Waals surface area contributed by atoms with E-state index in [9.17, 15) is 4.79 Å². The molecule has 0 radical (unpaired) electrons. The average Bonchev–Trinajstić information content (AvgIpc) is 3.48. The largest absolute Gasteiger partial charge is 0.439 e. The van der Waals surface area contributed by atoms with Gasteiger partial charge in [-0.25, -0.2) is 14.8 Å². The number of hydrogen-bond acceptors (Lipinski definition) is 8. The van der Waals surface area contributed by atoms with Crippen LogP contribution in [-0.4, -0.2) is 55.0 Å². The SMILES string of the molecule is C[C@@H]1COC[C@H](C)N1c1nc2nc(-c3noc(=O)[nH]3)nc(-c3cccc(Cl)c3)c2n1C[C@H]1CC[C@H](C)CC1. The van der Waals surface area contributed by atoms with Gasteiger partial charge in [-0.2, -0.15) is 4.98 Å². The van der Waals surface area contributed by atoms with Gasteiger partial charge in [-0.3, -0.25) is 9.51 Å². The van der Waals surface area contributed by atoms with Crippen molar-refractivity contribution in [3.8, 4) is 22.9 Å². The fraction of sp³-hybridized carbons (Fsp3) is 0.519. The fourth-order valence-corrected chi connectivity index (χ4v) is 6.02. The second-order valence-electron chi connectivity index (χ2n) is 10.8. The van der Waals surface area contributed by atoms with Crippen molar-refractivity contribution in [2.75, 3.05) is 18.1 Å². The first kappa shape index (κ1) is 25.1. The molecule has 200 valence electrons. The lowest BCUT2D eigenvalue weighted by atomic mass is 9.83. The van der Waals surface area contributed by atoms with Crippen molar-refractivity contribution in [3.63, 3.8) is 0 Å². The van der Waals surface area contributed by atoms with Crippen molar-refractivity contribution >= 4 is 28.7 Å². The van der Waals surface area contributed by atoms with Crippen LogP contribution in [0.25, 0.3) is 34.1 Å². The van der Waals surface area contributed by atoms with E-state index in [1.165, 1.54) is 25.7 Å². The molecule has 4 aromatic rings. The summed E-state index contributed by atoms with van der Waals surface area (Å²) in [6, 6.07) is 7.90. The number of nitrogens with zero attached hydrogens (tertiary/aromatic N) is 6. The Balaban J connectivity index is 1.59. The molecule has 0 spiro atoms. The van der Waals surface area contributed by atoms with Crippen LogP contribution in [0.4, 0.5) is 5.95 Å². The van der Waals surface area contributed by atoms with Crippen LogP contribution in [0.3, 0.4) is 0 Å². The van der Waals surface area contributed by atoms with E-state index in [-0.39, 0.29) is 23.7 Å². The summed E-state index contributed by atoms with van der Waals surface area (Å²) in [5.41, 5.74) is 2.91. The lowest BCUT2D eigenvalue weighted by Crippen LogP contribution is -2.51. The lowest BCUT2D eigenvalue weighted by Gasteiger charge is -2.40. The summed E-state index contributed by atoms with van der Waals surface area (Å²) in [5.74, 6) is 1.90. The number of ether oxygens (including phenoxy) is 1. The maximum absolute atomic E-state index is 11.7. The van der Waals surface area contributed by atoms with Crippen LogP contribution in [0.5, 0.6) is 0 Å². The average molecular weight is 538 g/mol. The second kappa shape index (κ2) is 10.1. The molecule has 4 heterocycles. The van der Waals surface area contributed by atoms with Gasteiger partial charge in [-0.15, -0.1) is 0 Å². The normalized spacial score (nSPS) is 24.3. The molecular weight excluding hydrogens is 506 g/mol. The van der Waals surface area contributed by atoms with Crippen molar-refractivity contribution in [1.29, 1.82) is 0 Å². The number of imidazole rings is 1. The van der Waals surface area contributed by atoms with Crippen molar-refractivity contribution < 1.29 is 9.26 Å². The van der Waals surface area contributed by atoms with Crippen molar-refractivity contribution in [2.45, 2.75) is 65.1 Å². The maximum Gasteiger partial charge on any atom is 0.439 e. The van der Waals surface area contributed by atoms with E-state index < -0.39 is 5.76 Å². The van der Waals surface area contributed by atoms with Gasteiger partial charge in [0.1, 0.15) is 11.2 Å². The van der Waals surface area contributed by atoms with Gasteiger partial charge < -0.3 is 14.2 Å². The summed E-state index contributed by atoms with van der Waals surface area (Å²) in [5, 5.41) is 4.44. The molecule has 1 aromatic carbocycles. The summed E-state index contributed by atoms with van der Waals surface area (Å²) in [4.78, 5) is 31.4. The van der Waals surface area contributed by atoms with Crippen molar-refractivity contribution in [1.82, 2.24) is 29.7 Å². The van der Waals surface area contributed by atoms with Crippen LogP contribution in [0.1, 0.15) is 46.5 Å². The minimum Gasteiger partial charge on any atom is -0.377 e. The highest BCUT2D eigenvalue weighted by Gasteiger charge is 2.33. The molecule has 1 aliphatic heterocycles. The van der Waals surface area contributed by atoms with Gasteiger partial charge in [0, 0.05) is 17.1 Å². The maximum atomic E-state index is 11.7. The smallest absolute Gasteiger partial charge is 0.377 e. The highest BCUT2D eigenvalue weighted by Crippen LogP contribution is 2.37. The van der Waals surface area contributed by atoms with E-state index in [0.29, 0.717) is 35.5 Å². The molecule has 10 nitrogen and oxygen atoms in total. The number of anilines is 1. The molecule has 0 bridgehead atoms. The molecule has 38 heavy (non-hydrogen) atoms. The summed E-state index contributed by atoms with van der Waals surface area (Å²) in [6.45, 7) is 8.76. The molecule has 2 aliphatic rings. The molecular formula is C27H32ClN7O3. The number of fused-ring (bicyclic) bond motifs is 1. The second-order valence-corrected chi connectivity index (χ2v) is 11.2. The van der Waals surface area contributed by atoms with Crippen molar-refractivity contribution in [2.24, 2.45) is 11.8 Å². The van der Waals surface area contributed by atoms with Crippen LogP contribution in [0.2, 0.25) is 5.02 Å². The van der Waals surface area contributed by atoms with Gasteiger partial charge in [-0.05, 0) is 50.7 Å². The van der Waals surface area contributed by atoms with Crippen LogP contribution in [-0.2, 0) is 11.3 Å². The predicted molar refractivity (Wildman–Crippen MR) is 145 cm³/mol. The topological polar surface area (TPSA) is 115 Å². The number of halogens is 1. The summed E-state index contributed by atoms with van der Waals surface area (Å²) in [7, 11) is 0. The van der Waals surface area contributed by atoms with Crippen LogP contribution in [0.15, 0.2) is 33.6 Å². The third kappa shape index (κ3) is 4.71. The molecule has 1 N–H and O–H groups in total. The zero-order valence-corrected chi connectivity index (χ0v) is 22.6. The van der Waals surface area contributed by atoms with Crippen LogP contribution >= 0.6 is 11.6 Å². The Labute approximate surface area is 225 Å². The Morgan fingerprint density at radius 1 is 1.05 bits per heavy atom. The molecule has 2 atom stereocenters. The van der Waals surface area contributed by atoms with Crippen LogP contribution in [0, 0.1) is 11.8 Å². The number of H-pyrrole nitrogens is 1. The molecule has 11 heteroatoms. The molecule has 0 amide bonds. The number of aromatic amines is 1. The number of rotatable bonds is 5. The van der Waals surface area contributed by atoms with Gasteiger partial charge in [0.15, 0.2) is 5.65 Å². The lowest BCUT2D eigenvalue weighted by molar-refractivity contribution is 0.0741. The van der Waals surface area contributed by atoms with Gasteiger partial charge in [0.05, 0.1) is 25.3 Å². The standard InChI is InChI=1S/C27H32ClN7O3/c1-15-7-9-18(10-8-15)12-34-22-21(19-5-4-6-20(28)11-19)29-24(25-32-27(36)38-33-25)30-23(22)31-26(34)35-16(2)13-37-14-17(35)3/h4-6,11,15-18H,7-10,12-14H2,1-3H3,(H,32,33,36)/t15-,16-,17+,18-. The molecule has 1 saturated heterocycles. The number of benzene rings is 1. The third-order valence-electron chi connectivity index (χ3n) is 7.81. The number of aromatic nitrogens is 6. The van der Waals surface area contributed by atoms with E-state index in [4.69, 9.17) is 35.8 Å². The van der Waals surface area contributed by atoms with Gasteiger partial charge in [0.25, 0.3) is 0 Å². The Hall–Kier alpha value is -3.24. The summed E-state index contributed by atoms with van der Waals surface area (Å²) < 4.78 is 12.9. The van der Waals surface area contributed by atoms with E-state index in [2.05, 4.69) is 40.4 Å². The van der Waals surface area contributed by atoms with Gasteiger partial charge in [0.2, 0.25) is 17.6 Å². The highest BCUT2D eigenvalue weighted by molar-refractivity contribution is 6.30. The number of hydrogen-bond donors (Lipinski definition) is 1. The zero-order chi connectivity index (χ0) is 26.4. The third-order valence-corrected chi connectivity index (χ3v) is 8.04. The fourth-order valence-electron chi connectivity index (χ4n) is 5.83. The van der Waals surface area contributed by atoms with Gasteiger partial charge in [-0.1, -0.05) is 48.7 Å². The Kier molecular flexibility index (Phi) is 6.69. The minimum atomic E-state index is -0.665. The van der Waals surface area contributed by atoms with Gasteiger partial charge >= 0.3 is 5.76 Å². The summed E-state index contributed by atoms with van der Waals surface area (Å²) in [6.07, 6.45) is 4.83. The first-order valence-corrected chi connectivity index (χ1v) is 13.7. The molecule has 3 aromatic heterocycles. The van der Waals surface area contributed by atoms with E-state index in [0.717, 1.165) is 29.5 Å².